The lowest BCUT2D eigenvalue weighted by Gasteiger charge is -2.24. The molecule has 0 radical (unpaired) electrons. The topological polar surface area (TPSA) is 68.5 Å². The fraction of sp³-hybridized carbons (Fsp3) is 0.571. The largest absolute Gasteiger partial charge is 0.484 e. The average molecular weight is 387 g/mol. The molecule has 7 heteroatoms. The Labute approximate surface area is 164 Å². The molecule has 1 aliphatic carbocycles. The third kappa shape index (κ3) is 4.69. The number of benzene rings is 1. The van der Waals surface area contributed by atoms with Crippen LogP contribution in [0, 0.1) is 11.7 Å². The highest BCUT2D eigenvalue weighted by Crippen LogP contribution is 2.30. The second kappa shape index (κ2) is 8.71. The van der Waals surface area contributed by atoms with Gasteiger partial charge < -0.3 is 14.2 Å². The average Bonchev–Trinajstić information content (AvgIpc) is 3.38. The summed E-state index contributed by atoms with van der Waals surface area (Å²) in [6.45, 7) is 1.55. The maximum atomic E-state index is 12.9. The Balaban J connectivity index is 1.27. The lowest BCUT2D eigenvalue weighted by Crippen LogP contribution is -2.30. The Morgan fingerprint density at radius 1 is 1.18 bits per heavy atom. The number of amides is 1. The van der Waals surface area contributed by atoms with Crippen molar-refractivity contribution in [2.24, 2.45) is 5.92 Å². The zero-order valence-electron chi connectivity index (χ0n) is 16.0. The van der Waals surface area contributed by atoms with E-state index in [2.05, 4.69) is 10.1 Å². The number of aromatic nitrogens is 2. The summed E-state index contributed by atoms with van der Waals surface area (Å²) < 4.78 is 23.7. The van der Waals surface area contributed by atoms with Crippen LogP contribution in [0.15, 0.2) is 28.8 Å². The molecule has 2 aromatic rings. The van der Waals surface area contributed by atoms with Crippen molar-refractivity contribution in [3.05, 3.63) is 41.8 Å². The molecular formula is C21H26FN3O3. The Kier molecular flexibility index (Phi) is 5.88. The van der Waals surface area contributed by atoms with Crippen molar-refractivity contribution in [1.82, 2.24) is 15.0 Å². The summed E-state index contributed by atoms with van der Waals surface area (Å²) in [4.78, 5) is 19.0. The van der Waals surface area contributed by atoms with Gasteiger partial charge in [0.1, 0.15) is 11.6 Å². The number of nitrogens with zero attached hydrogens (tertiary/aromatic N) is 3. The minimum Gasteiger partial charge on any atom is -0.484 e. The van der Waals surface area contributed by atoms with E-state index in [4.69, 9.17) is 9.26 Å². The van der Waals surface area contributed by atoms with Crippen LogP contribution in [-0.4, -0.2) is 34.0 Å². The molecule has 0 N–H and O–H groups in total. The zero-order chi connectivity index (χ0) is 19.3. The first kappa shape index (κ1) is 18.9. The number of carbonyl (C=O) groups excluding carboxylic acids is 1. The van der Waals surface area contributed by atoms with E-state index in [0.717, 1.165) is 13.0 Å². The number of hydrogen-bond donors (Lipinski definition) is 0. The van der Waals surface area contributed by atoms with E-state index in [-0.39, 0.29) is 24.2 Å². The minimum atomic E-state index is -0.309. The molecule has 150 valence electrons. The van der Waals surface area contributed by atoms with Crippen LogP contribution in [0.4, 0.5) is 4.39 Å². The van der Waals surface area contributed by atoms with Gasteiger partial charge in [0.2, 0.25) is 5.91 Å². The normalized spacial score (nSPS) is 20.5. The van der Waals surface area contributed by atoms with Gasteiger partial charge in [-0.2, -0.15) is 4.98 Å². The fourth-order valence-electron chi connectivity index (χ4n) is 4.13. The van der Waals surface area contributed by atoms with Gasteiger partial charge in [-0.15, -0.1) is 0 Å². The van der Waals surface area contributed by atoms with E-state index < -0.39 is 0 Å². The molecule has 1 aromatic heterocycles. The third-order valence-corrected chi connectivity index (χ3v) is 5.75. The van der Waals surface area contributed by atoms with Gasteiger partial charge in [0.05, 0.1) is 0 Å². The molecule has 1 saturated carbocycles. The molecule has 1 aliphatic heterocycles. The first-order valence-corrected chi connectivity index (χ1v) is 10.2. The predicted octanol–water partition coefficient (Wildman–Crippen LogP) is 4.07. The van der Waals surface area contributed by atoms with Crippen LogP contribution in [0.1, 0.15) is 62.6 Å². The molecule has 1 amide bonds. The standard InChI is InChI=1S/C21H26FN3O3/c22-17-6-8-18(9-7-17)27-14-19-23-21(24-28-19)16-10-11-25(13-16)20(26)12-15-4-2-1-3-5-15/h6-9,15-16H,1-5,10-14H2. The van der Waals surface area contributed by atoms with Crippen LogP contribution in [-0.2, 0) is 11.4 Å². The third-order valence-electron chi connectivity index (χ3n) is 5.75. The van der Waals surface area contributed by atoms with Crippen molar-refractivity contribution in [3.63, 3.8) is 0 Å². The van der Waals surface area contributed by atoms with Gasteiger partial charge in [0, 0.05) is 25.4 Å². The lowest BCUT2D eigenvalue weighted by atomic mass is 9.87. The molecule has 6 nitrogen and oxygen atoms in total. The summed E-state index contributed by atoms with van der Waals surface area (Å²) in [5.41, 5.74) is 0. The summed E-state index contributed by atoms with van der Waals surface area (Å²) in [5, 5.41) is 4.07. The molecular weight excluding hydrogens is 361 g/mol. The van der Waals surface area contributed by atoms with Crippen molar-refractivity contribution in [3.8, 4) is 5.75 Å². The smallest absolute Gasteiger partial charge is 0.264 e. The van der Waals surface area contributed by atoms with E-state index in [0.29, 0.717) is 36.3 Å². The summed E-state index contributed by atoms with van der Waals surface area (Å²) >= 11 is 0. The number of likely N-dealkylation sites (tertiary alicyclic amines) is 1. The Hall–Kier alpha value is -2.44. The summed E-state index contributed by atoms with van der Waals surface area (Å²) in [6.07, 6.45) is 7.72. The highest BCUT2D eigenvalue weighted by atomic mass is 19.1. The molecule has 1 aromatic carbocycles. The van der Waals surface area contributed by atoms with Crippen molar-refractivity contribution >= 4 is 5.91 Å². The Morgan fingerprint density at radius 2 is 1.96 bits per heavy atom. The number of rotatable bonds is 6. The van der Waals surface area contributed by atoms with Crippen molar-refractivity contribution in [2.45, 2.75) is 57.5 Å². The van der Waals surface area contributed by atoms with Crippen LogP contribution in [0.25, 0.3) is 0 Å². The van der Waals surface area contributed by atoms with Crippen molar-refractivity contribution in [1.29, 1.82) is 0 Å². The molecule has 0 spiro atoms. The molecule has 0 bridgehead atoms. The lowest BCUT2D eigenvalue weighted by molar-refractivity contribution is -0.131. The van der Waals surface area contributed by atoms with Gasteiger partial charge in [-0.05, 0) is 49.4 Å². The highest BCUT2D eigenvalue weighted by molar-refractivity contribution is 5.76. The van der Waals surface area contributed by atoms with Crippen molar-refractivity contribution in [2.75, 3.05) is 13.1 Å². The SMILES string of the molecule is O=C(CC1CCCCC1)N1CCC(c2noc(COc3ccc(F)cc3)n2)C1. The van der Waals surface area contributed by atoms with E-state index in [9.17, 15) is 9.18 Å². The van der Waals surface area contributed by atoms with Crippen LogP contribution in [0.3, 0.4) is 0 Å². The molecule has 1 saturated heterocycles. The number of ether oxygens (including phenoxy) is 1. The summed E-state index contributed by atoms with van der Waals surface area (Å²) in [6, 6.07) is 5.79. The molecule has 4 rings (SSSR count). The molecule has 1 atom stereocenters. The molecule has 28 heavy (non-hydrogen) atoms. The van der Waals surface area contributed by atoms with Crippen LogP contribution in [0.2, 0.25) is 0 Å². The minimum absolute atomic E-state index is 0.110. The molecule has 2 fully saturated rings. The Bertz CT molecular complexity index is 786. The molecule has 2 heterocycles. The summed E-state index contributed by atoms with van der Waals surface area (Å²) in [7, 11) is 0. The van der Waals surface area contributed by atoms with Crippen LogP contribution in [0.5, 0.6) is 5.75 Å². The van der Waals surface area contributed by atoms with E-state index in [1.807, 2.05) is 4.90 Å². The monoisotopic (exact) mass is 387 g/mol. The van der Waals surface area contributed by atoms with Gasteiger partial charge >= 0.3 is 0 Å². The van der Waals surface area contributed by atoms with Crippen LogP contribution < -0.4 is 4.74 Å². The zero-order valence-corrected chi connectivity index (χ0v) is 16.0. The van der Waals surface area contributed by atoms with E-state index >= 15 is 0 Å². The number of halogens is 1. The van der Waals surface area contributed by atoms with Gasteiger partial charge in [0.25, 0.3) is 5.89 Å². The second-order valence-electron chi connectivity index (χ2n) is 7.82. The van der Waals surface area contributed by atoms with E-state index in [1.54, 1.807) is 12.1 Å². The first-order chi connectivity index (χ1) is 13.7. The molecule has 2 aliphatic rings. The molecule has 1 unspecified atom stereocenters. The number of carbonyl (C=O) groups is 1. The summed E-state index contributed by atoms with van der Waals surface area (Å²) in [5.74, 6) is 2.17. The highest BCUT2D eigenvalue weighted by Gasteiger charge is 2.31. The maximum absolute atomic E-state index is 12.9. The van der Waals surface area contributed by atoms with Crippen LogP contribution >= 0.6 is 0 Å². The van der Waals surface area contributed by atoms with Gasteiger partial charge in [-0.1, -0.05) is 24.4 Å². The van der Waals surface area contributed by atoms with E-state index in [1.165, 1.54) is 44.2 Å². The van der Waals surface area contributed by atoms with Gasteiger partial charge in [0.15, 0.2) is 12.4 Å². The Morgan fingerprint density at radius 3 is 2.75 bits per heavy atom. The predicted molar refractivity (Wildman–Crippen MR) is 100 cm³/mol. The van der Waals surface area contributed by atoms with Gasteiger partial charge in [-0.25, -0.2) is 4.39 Å². The van der Waals surface area contributed by atoms with Gasteiger partial charge in [-0.3, -0.25) is 4.79 Å². The number of hydrogen-bond acceptors (Lipinski definition) is 5. The maximum Gasteiger partial charge on any atom is 0.264 e. The quantitative estimate of drug-likeness (QED) is 0.747. The first-order valence-electron chi connectivity index (χ1n) is 10.2. The van der Waals surface area contributed by atoms with Crippen molar-refractivity contribution < 1.29 is 18.4 Å². The second-order valence-corrected chi connectivity index (χ2v) is 7.82. The fourth-order valence-corrected chi connectivity index (χ4v) is 4.13.